The average Bonchev–Trinajstić information content (AvgIpc) is 2.65. The lowest BCUT2D eigenvalue weighted by Gasteiger charge is -2.13. The van der Waals surface area contributed by atoms with E-state index in [0.717, 1.165) is 23.3 Å². The Balaban J connectivity index is 1.88. The minimum atomic E-state index is -3.71. The van der Waals surface area contributed by atoms with E-state index in [1.165, 1.54) is 11.6 Å². The Morgan fingerprint density at radius 2 is 1.93 bits per heavy atom. The van der Waals surface area contributed by atoms with Crippen molar-refractivity contribution in [2.45, 2.75) is 24.8 Å². The maximum atomic E-state index is 11.4. The van der Waals surface area contributed by atoms with E-state index in [2.05, 4.69) is 21.7 Å². The Morgan fingerprint density at radius 3 is 2.59 bits per heavy atom. The van der Waals surface area contributed by atoms with Crippen molar-refractivity contribution in [2.24, 2.45) is 10.1 Å². The SMILES string of the molecule is CN=C(NCCc1ccc(C)c(OC)c1)NCc1cccc(S(N)(=O)=O)c1. The van der Waals surface area contributed by atoms with Crippen molar-refractivity contribution in [3.63, 3.8) is 0 Å². The Morgan fingerprint density at radius 1 is 1.15 bits per heavy atom. The number of sulfonamides is 1. The molecule has 0 atom stereocenters. The molecule has 0 aliphatic rings. The number of nitrogens with one attached hydrogen (secondary N) is 2. The van der Waals surface area contributed by atoms with Crippen LogP contribution >= 0.6 is 0 Å². The van der Waals surface area contributed by atoms with Gasteiger partial charge in [0.1, 0.15) is 5.75 Å². The van der Waals surface area contributed by atoms with Crippen LogP contribution in [0.4, 0.5) is 0 Å². The molecule has 0 aliphatic carbocycles. The standard InChI is InChI=1S/C19H26N4O3S/c1-14-7-8-15(12-18(14)26-3)9-10-22-19(21-2)23-13-16-5-4-6-17(11-16)27(20,24)25/h4-8,11-12H,9-10,13H2,1-3H3,(H2,20,24,25)(H2,21,22,23). The van der Waals surface area contributed by atoms with Gasteiger partial charge in [-0.3, -0.25) is 4.99 Å². The minimum absolute atomic E-state index is 0.0954. The molecule has 0 bridgehead atoms. The van der Waals surface area contributed by atoms with E-state index in [0.29, 0.717) is 19.0 Å². The van der Waals surface area contributed by atoms with E-state index < -0.39 is 10.0 Å². The highest BCUT2D eigenvalue weighted by Gasteiger charge is 2.08. The van der Waals surface area contributed by atoms with Crippen LogP contribution in [0.2, 0.25) is 0 Å². The van der Waals surface area contributed by atoms with Gasteiger partial charge in [-0.05, 0) is 48.2 Å². The predicted molar refractivity (Wildman–Crippen MR) is 107 cm³/mol. The van der Waals surface area contributed by atoms with Crippen molar-refractivity contribution in [3.05, 3.63) is 59.2 Å². The summed E-state index contributed by atoms with van der Waals surface area (Å²) in [5.74, 6) is 1.51. The summed E-state index contributed by atoms with van der Waals surface area (Å²) < 4.78 is 28.2. The van der Waals surface area contributed by atoms with Crippen LogP contribution in [0.1, 0.15) is 16.7 Å². The molecule has 0 heterocycles. The van der Waals surface area contributed by atoms with Crippen LogP contribution in [0, 0.1) is 6.92 Å². The maximum absolute atomic E-state index is 11.4. The number of ether oxygens (including phenoxy) is 1. The molecule has 0 radical (unpaired) electrons. The summed E-state index contributed by atoms with van der Waals surface area (Å²) in [6.07, 6.45) is 0.818. The van der Waals surface area contributed by atoms with Crippen molar-refractivity contribution >= 4 is 16.0 Å². The molecule has 146 valence electrons. The van der Waals surface area contributed by atoms with Gasteiger partial charge in [0, 0.05) is 20.1 Å². The Labute approximate surface area is 160 Å². The monoisotopic (exact) mass is 390 g/mol. The van der Waals surface area contributed by atoms with Crippen molar-refractivity contribution in [3.8, 4) is 5.75 Å². The topological polar surface area (TPSA) is 106 Å². The molecule has 0 fully saturated rings. The van der Waals surface area contributed by atoms with Crippen LogP contribution < -0.4 is 20.5 Å². The summed E-state index contributed by atoms with van der Waals surface area (Å²) >= 11 is 0. The molecule has 27 heavy (non-hydrogen) atoms. The van der Waals surface area contributed by atoms with Crippen LogP contribution in [-0.4, -0.2) is 35.1 Å². The number of nitrogens with two attached hydrogens (primary N) is 1. The van der Waals surface area contributed by atoms with Gasteiger partial charge in [-0.2, -0.15) is 0 Å². The lowest BCUT2D eigenvalue weighted by Crippen LogP contribution is -2.37. The molecule has 0 saturated heterocycles. The molecule has 8 heteroatoms. The van der Waals surface area contributed by atoms with Crippen molar-refractivity contribution in [1.29, 1.82) is 0 Å². The number of primary sulfonamides is 1. The van der Waals surface area contributed by atoms with Gasteiger partial charge in [0.05, 0.1) is 12.0 Å². The van der Waals surface area contributed by atoms with Gasteiger partial charge in [-0.25, -0.2) is 13.6 Å². The summed E-state index contributed by atoms with van der Waals surface area (Å²) in [5.41, 5.74) is 3.07. The maximum Gasteiger partial charge on any atom is 0.238 e. The zero-order valence-corrected chi connectivity index (χ0v) is 16.6. The Hall–Kier alpha value is -2.58. The molecular formula is C19H26N4O3S. The number of benzene rings is 2. The van der Waals surface area contributed by atoms with Gasteiger partial charge in [0.2, 0.25) is 10.0 Å². The third-order valence-electron chi connectivity index (χ3n) is 4.09. The summed E-state index contributed by atoms with van der Waals surface area (Å²) in [7, 11) is -0.354. The molecule has 0 amide bonds. The molecule has 0 spiro atoms. The summed E-state index contributed by atoms with van der Waals surface area (Å²) in [6, 6.07) is 12.7. The first kappa shape index (κ1) is 20.7. The Bertz CT molecular complexity index is 911. The summed E-state index contributed by atoms with van der Waals surface area (Å²) in [5, 5.41) is 11.6. The van der Waals surface area contributed by atoms with Gasteiger partial charge < -0.3 is 15.4 Å². The summed E-state index contributed by atoms with van der Waals surface area (Å²) in [4.78, 5) is 4.28. The van der Waals surface area contributed by atoms with E-state index in [4.69, 9.17) is 9.88 Å². The zero-order chi connectivity index (χ0) is 19.9. The normalized spacial score (nSPS) is 11.9. The third kappa shape index (κ3) is 6.26. The lowest BCUT2D eigenvalue weighted by atomic mass is 10.1. The number of hydrogen-bond acceptors (Lipinski definition) is 4. The summed E-state index contributed by atoms with van der Waals surface area (Å²) in [6.45, 7) is 3.14. The Kier molecular flexibility index (Phi) is 7.20. The van der Waals surface area contributed by atoms with Crippen LogP contribution in [0.25, 0.3) is 0 Å². The number of rotatable bonds is 7. The second-order valence-corrected chi connectivity index (χ2v) is 7.66. The molecule has 7 nitrogen and oxygen atoms in total. The number of aryl methyl sites for hydroxylation is 1. The first-order chi connectivity index (χ1) is 12.8. The van der Waals surface area contributed by atoms with Gasteiger partial charge in [0.25, 0.3) is 0 Å². The first-order valence-electron chi connectivity index (χ1n) is 8.53. The van der Waals surface area contributed by atoms with Gasteiger partial charge in [-0.15, -0.1) is 0 Å². The molecule has 2 rings (SSSR count). The first-order valence-corrected chi connectivity index (χ1v) is 10.1. The van der Waals surface area contributed by atoms with E-state index in [9.17, 15) is 8.42 Å². The lowest BCUT2D eigenvalue weighted by molar-refractivity contribution is 0.411. The highest BCUT2D eigenvalue weighted by atomic mass is 32.2. The smallest absolute Gasteiger partial charge is 0.238 e. The van der Waals surface area contributed by atoms with Crippen LogP contribution in [-0.2, 0) is 23.0 Å². The molecule has 0 aromatic heterocycles. The van der Waals surface area contributed by atoms with Crippen LogP contribution in [0.5, 0.6) is 5.75 Å². The number of aliphatic imine (C=N–C) groups is 1. The van der Waals surface area contributed by atoms with Gasteiger partial charge in [0.15, 0.2) is 5.96 Å². The van der Waals surface area contributed by atoms with E-state index in [-0.39, 0.29) is 4.90 Å². The number of nitrogens with zero attached hydrogens (tertiary/aromatic N) is 1. The van der Waals surface area contributed by atoms with Gasteiger partial charge in [-0.1, -0.05) is 24.3 Å². The molecule has 0 aliphatic heterocycles. The highest BCUT2D eigenvalue weighted by Crippen LogP contribution is 2.19. The second kappa shape index (κ2) is 9.38. The van der Waals surface area contributed by atoms with E-state index in [1.54, 1.807) is 26.3 Å². The van der Waals surface area contributed by atoms with E-state index in [1.807, 2.05) is 25.1 Å². The third-order valence-corrected chi connectivity index (χ3v) is 5.00. The predicted octanol–water partition coefficient (Wildman–Crippen LogP) is 1.56. The minimum Gasteiger partial charge on any atom is -0.496 e. The van der Waals surface area contributed by atoms with Crippen molar-refractivity contribution in [1.82, 2.24) is 10.6 Å². The van der Waals surface area contributed by atoms with Crippen molar-refractivity contribution in [2.75, 3.05) is 20.7 Å². The van der Waals surface area contributed by atoms with Gasteiger partial charge >= 0.3 is 0 Å². The quantitative estimate of drug-likeness (QED) is 0.491. The molecular weight excluding hydrogens is 364 g/mol. The average molecular weight is 391 g/mol. The van der Waals surface area contributed by atoms with Crippen molar-refractivity contribution < 1.29 is 13.2 Å². The fourth-order valence-corrected chi connectivity index (χ4v) is 3.17. The number of guanidine groups is 1. The molecule has 0 saturated carbocycles. The van der Waals surface area contributed by atoms with E-state index >= 15 is 0 Å². The largest absolute Gasteiger partial charge is 0.496 e. The van der Waals surface area contributed by atoms with Crippen LogP contribution in [0.15, 0.2) is 52.4 Å². The molecule has 2 aromatic rings. The second-order valence-electron chi connectivity index (χ2n) is 6.10. The highest BCUT2D eigenvalue weighted by molar-refractivity contribution is 7.89. The molecule has 4 N–H and O–H groups in total. The molecule has 0 unspecified atom stereocenters. The fraction of sp³-hybridized carbons (Fsp3) is 0.316. The molecule has 2 aromatic carbocycles. The van der Waals surface area contributed by atoms with Crippen LogP contribution in [0.3, 0.4) is 0 Å². The number of methoxy groups -OCH3 is 1. The fourth-order valence-electron chi connectivity index (χ4n) is 2.58. The number of hydrogen-bond donors (Lipinski definition) is 3. The zero-order valence-electron chi connectivity index (χ0n) is 15.8.